The van der Waals surface area contributed by atoms with E-state index in [1.54, 1.807) is 7.11 Å². The summed E-state index contributed by atoms with van der Waals surface area (Å²) in [7, 11) is 1.63. The molecule has 0 bridgehead atoms. The van der Waals surface area contributed by atoms with Crippen molar-refractivity contribution in [1.29, 1.82) is 0 Å². The van der Waals surface area contributed by atoms with E-state index in [2.05, 4.69) is 0 Å². The highest BCUT2D eigenvalue weighted by Gasteiger charge is 2.13. The first-order valence-electron chi connectivity index (χ1n) is 7.06. The molecule has 1 heterocycles. The quantitative estimate of drug-likeness (QED) is 0.775. The van der Waals surface area contributed by atoms with Crippen LogP contribution >= 0.6 is 0 Å². The molecule has 20 heavy (non-hydrogen) atoms. The van der Waals surface area contributed by atoms with Gasteiger partial charge in [-0.3, -0.25) is 0 Å². The lowest BCUT2D eigenvalue weighted by Gasteiger charge is -2.22. The zero-order chi connectivity index (χ0) is 14.2. The smallest absolute Gasteiger partial charge is 0.157 e. The van der Waals surface area contributed by atoms with Crippen LogP contribution in [0, 0.1) is 0 Å². The van der Waals surface area contributed by atoms with Gasteiger partial charge in [-0.1, -0.05) is 0 Å². The van der Waals surface area contributed by atoms with E-state index in [1.165, 1.54) is 6.42 Å². The van der Waals surface area contributed by atoms with Crippen molar-refractivity contribution in [1.82, 2.24) is 0 Å². The van der Waals surface area contributed by atoms with Crippen LogP contribution in [0.1, 0.15) is 24.8 Å². The molecular weight excluding hydrogens is 258 g/mol. The van der Waals surface area contributed by atoms with E-state index in [0.717, 1.165) is 36.5 Å². The second kappa shape index (κ2) is 8.09. The van der Waals surface area contributed by atoms with Crippen molar-refractivity contribution in [2.45, 2.75) is 32.1 Å². The number of rotatable bonds is 7. The summed E-state index contributed by atoms with van der Waals surface area (Å²) in [6.45, 7) is 2.25. The summed E-state index contributed by atoms with van der Waals surface area (Å²) in [5.74, 6) is 1.50. The molecule has 0 spiro atoms. The minimum Gasteiger partial charge on any atom is -0.497 e. The van der Waals surface area contributed by atoms with Gasteiger partial charge in [0.05, 0.1) is 13.7 Å². The molecule has 1 aromatic carbocycles. The summed E-state index contributed by atoms with van der Waals surface area (Å²) in [6.07, 6.45) is 3.19. The number of hydrogen-bond acceptors (Lipinski definition) is 5. The maximum absolute atomic E-state index is 5.67. The number of nitrogens with two attached hydrogens (primary N) is 1. The fraction of sp³-hybridized carbons (Fsp3) is 0.600. The number of methoxy groups -OCH3 is 1. The van der Waals surface area contributed by atoms with E-state index in [0.29, 0.717) is 19.8 Å². The van der Waals surface area contributed by atoms with Crippen LogP contribution in [-0.2, 0) is 16.0 Å². The molecule has 1 aliphatic rings. The van der Waals surface area contributed by atoms with Crippen LogP contribution in [0.25, 0.3) is 0 Å². The topological polar surface area (TPSA) is 62.9 Å². The Morgan fingerprint density at radius 1 is 1.20 bits per heavy atom. The third-order valence-corrected chi connectivity index (χ3v) is 3.20. The van der Waals surface area contributed by atoms with Crippen LogP contribution in [0.5, 0.6) is 11.5 Å². The van der Waals surface area contributed by atoms with Crippen molar-refractivity contribution < 1.29 is 18.9 Å². The van der Waals surface area contributed by atoms with Gasteiger partial charge in [0.2, 0.25) is 0 Å². The summed E-state index contributed by atoms with van der Waals surface area (Å²) in [5, 5.41) is 0. The molecule has 2 N–H and O–H groups in total. The lowest BCUT2D eigenvalue weighted by atomic mass is 10.2. The van der Waals surface area contributed by atoms with Gasteiger partial charge in [-0.25, -0.2) is 0 Å². The fourth-order valence-electron chi connectivity index (χ4n) is 2.13. The minimum atomic E-state index is -0.0720. The predicted molar refractivity (Wildman–Crippen MR) is 75.9 cm³/mol. The molecule has 1 unspecified atom stereocenters. The first-order valence-corrected chi connectivity index (χ1v) is 7.06. The van der Waals surface area contributed by atoms with E-state index in [4.69, 9.17) is 24.7 Å². The molecule has 1 aromatic rings. The Labute approximate surface area is 120 Å². The van der Waals surface area contributed by atoms with E-state index in [-0.39, 0.29) is 6.29 Å². The largest absolute Gasteiger partial charge is 0.497 e. The average Bonchev–Trinajstić information content (AvgIpc) is 2.52. The highest BCUT2D eigenvalue weighted by Crippen LogP contribution is 2.22. The van der Waals surface area contributed by atoms with Gasteiger partial charge in [-0.2, -0.15) is 0 Å². The van der Waals surface area contributed by atoms with Gasteiger partial charge in [-0.05, 0) is 37.0 Å². The number of benzene rings is 1. The first kappa shape index (κ1) is 15.1. The molecule has 2 rings (SSSR count). The summed E-state index contributed by atoms with van der Waals surface area (Å²) in [4.78, 5) is 0. The molecule has 0 aliphatic carbocycles. The summed E-state index contributed by atoms with van der Waals surface area (Å²) >= 11 is 0. The van der Waals surface area contributed by atoms with Gasteiger partial charge in [0.1, 0.15) is 18.1 Å². The fourth-order valence-corrected chi connectivity index (χ4v) is 2.13. The Morgan fingerprint density at radius 2 is 2.05 bits per heavy atom. The van der Waals surface area contributed by atoms with Crippen LogP contribution in [0.4, 0.5) is 0 Å². The van der Waals surface area contributed by atoms with Gasteiger partial charge < -0.3 is 24.7 Å². The highest BCUT2D eigenvalue weighted by atomic mass is 16.7. The third-order valence-electron chi connectivity index (χ3n) is 3.20. The lowest BCUT2D eigenvalue weighted by Crippen LogP contribution is -2.24. The highest BCUT2D eigenvalue weighted by molar-refractivity contribution is 5.38. The Bertz CT molecular complexity index is 383. The van der Waals surface area contributed by atoms with Crippen molar-refractivity contribution in [3.8, 4) is 11.5 Å². The van der Waals surface area contributed by atoms with Crippen molar-refractivity contribution >= 4 is 0 Å². The molecule has 1 saturated heterocycles. The first-order chi connectivity index (χ1) is 9.81. The van der Waals surface area contributed by atoms with Gasteiger partial charge >= 0.3 is 0 Å². The lowest BCUT2D eigenvalue weighted by molar-refractivity contribution is -0.165. The molecule has 0 saturated carbocycles. The molecule has 5 nitrogen and oxygen atoms in total. The molecule has 1 aliphatic heterocycles. The van der Waals surface area contributed by atoms with Crippen LogP contribution in [0.3, 0.4) is 0 Å². The van der Waals surface area contributed by atoms with Crippen LogP contribution in [-0.4, -0.2) is 33.2 Å². The Morgan fingerprint density at radius 3 is 2.75 bits per heavy atom. The van der Waals surface area contributed by atoms with Crippen LogP contribution in [0.2, 0.25) is 0 Å². The monoisotopic (exact) mass is 281 g/mol. The second-order valence-electron chi connectivity index (χ2n) is 4.74. The molecule has 0 radical (unpaired) electrons. The van der Waals surface area contributed by atoms with Crippen molar-refractivity contribution in [3.05, 3.63) is 23.8 Å². The van der Waals surface area contributed by atoms with Crippen LogP contribution < -0.4 is 15.2 Å². The SMILES string of the molecule is COc1cc(CN)cc(OCCOC2CCCCO2)c1. The summed E-state index contributed by atoms with van der Waals surface area (Å²) in [6, 6.07) is 5.66. The van der Waals surface area contributed by atoms with E-state index < -0.39 is 0 Å². The van der Waals surface area contributed by atoms with Crippen molar-refractivity contribution in [3.63, 3.8) is 0 Å². The van der Waals surface area contributed by atoms with Gasteiger partial charge in [0.25, 0.3) is 0 Å². The Hall–Kier alpha value is -1.30. The van der Waals surface area contributed by atoms with Crippen molar-refractivity contribution in [2.24, 2.45) is 5.73 Å². The minimum absolute atomic E-state index is 0.0720. The maximum Gasteiger partial charge on any atom is 0.157 e. The normalized spacial score (nSPS) is 18.8. The van der Waals surface area contributed by atoms with Gasteiger partial charge in [0, 0.05) is 19.2 Å². The Kier molecular flexibility index (Phi) is 6.11. The van der Waals surface area contributed by atoms with Gasteiger partial charge in [-0.15, -0.1) is 0 Å². The molecule has 0 aromatic heterocycles. The molecule has 0 amide bonds. The predicted octanol–water partition coefficient (Wildman–Crippen LogP) is 2.08. The second-order valence-corrected chi connectivity index (χ2v) is 4.74. The molecule has 1 atom stereocenters. The molecule has 1 fully saturated rings. The molecule has 112 valence electrons. The number of ether oxygens (including phenoxy) is 4. The molecular formula is C15H23NO4. The van der Waals surface area contributed by atoms with Gasteiger partial charge in [0.15, 0.2) is 6.29 Å². The standard InChI is InChI=1S/C15H23NO4/c1-17-13-8-12(11-16)9-14(10-13)18-6-7-20-15-4-2-3-5-19-15/h8-10,15H,2-7,11,16H2,1H3. The average molecular weight is 281 g/mol. The van der Waals surface area contributed by atoms with E-state index in [9.17, 15) is 0 Å². The zero-order valence-corrected chi connectivity index (χ0v) is 12.0. The maximum atomic E-state index is 5.67. The van der Waals surface area contributed by atoms with Crippen LogP contribution in [0.15, 0.2) is 18.2 Å². The molecule has 5 heteroatoms. The Balaban J connectivity index is 1.75. The zero-order valence-electron chi connectivity index (χ0n) is 12.0. The van der Waals surface area contributed by atoms with E-state index in [1.807, 2.05) is 18.2 Å². The van der Waals surface area contributed by atoms with Crippen molar-refractivity contribution in [2.75, 3.05) is 26.9 Å². The summed E-state index contributed by atoms with van der Waals surface area (Å²) < 4.78 is 22.0. The van der Waals surface area contributed by atoms with E-state index >= 15 is 0 Å². The number of hydrogen-bond donors (Lipinski definition) is 1. The third kappa shape index (κ3) is 4.67. The summed E-state index contributed by atoms with van der Waals surface area (Å²) in [5.41, 5.74) is 6.62.